The summed E-state index contributed by atoms with van der Waals surface area (Å²) < 4.78 is 27.3. The molecule has 28 heavy (non-hydrogen) atoms. The van der Waals surface area contributed by atoms with Gasteiger partial charge in [-0.25, -0.2) is 13.4 Å². The molecule has 0 bridgehead atoms. The Morgan fingerprint density at radius 3 is 2.29 bits per heavy atom. The Morgan fingerprint density at radius 2 is 1.68 bits per heavy atom. The number of aryl methyl sites for hydroxylation is 1. The van der Waals surface area contributed by atoms with Gasteiger partial charge in [-0.15, -0.1) is 0 Å². The van der Waals surface area contributed by atoms with Crippen molar-refractivity contribution in [2.75, 3.05) is 10.0 Å². The van der Waals surface area contributed by atoms with E-state index in [1.165, 1.54) is 17.7 Å². The average Bonchev–Trinajstić information content (AvgIpc) is 3.02. The minimum Gasteiger partial charge on any atom is -0.321 e. The zero-order chi connectivity index (χ0) is 20.3. The average molecular weight is 416 g/mol. The van der Waals surface area contributed by atoms with Crippen molar-refractivity contribution in [2.24, 2.45) is 0 Å². The largest absolute Gasteiger partial charge is 0.321 e. The highest BCUT2D eigenvalue weighted by molar-refractivity contribution is 7.93. The molecule has 0 saturated carbocycles. The first-order valence-electron chi connectivity index (χ1n) is 8.73. The Labute approximate surface area is 168 Å². The van der Waals surface area contributed by atoms with Gasteiger partial charge in [-0.3, -0.25) is 9.52 Å². The molecule has 0 spiro atoms. The number of aromatic nitrogens is 1. The van der Waals surface area contributed by atoms with Gasteiger partial charge in [0.05, 0.1) is 10.6 Å². The Morgan fingerprint density at radius 1 is 1.04 bits per heavy atom. The SMILES string of the molecule is Cc1nc(NS(=O)(=O)c2ccccc2)sc1C(=O)Nc1ccc(C(C)C)cc1. The summed E-state index contributed by atoms with van der Waals surface area (Å²) in [7, 11) is -3.75. The van der Waals surface area contributed by atoms with E-state index in [0.717, 1.165) is 11.3 Å². The molecule has 1 heterocycles. The number of amides is 1. The van der Waals surface area contributed by atoms with Gasteiger partial charge in [0.1, 0.15) is 4.88 Å². The molecule has 2 N–H and O–H groups in total. The summed E-state index contributed by atoms with van der Waals surface area (Å²) in [6.07, 6.45) is 0. The molecule has 146 valence electrons. The van der Waals surface area contributed by atoms with Crippen LogP contribution in [0.4, 0.5) is 10.8 Å². The maximum Gasteiger partial charge on any atom is 0.267 e. The molecule has 3 aromatic rings. The number of nitrogens with zero attached hydrogens (tertiary/aromatic N) is 1. The van der Waals surface area contributed by atoms with Crippen molar-refractivity contribution in [1.82, 2.24) is 4.98 Å². The lowest BCUT2D eigenvalue weighted by Crippen LogP contribution is -2.12. The van der Waals surface area contributed by atoms with Gasteiger partial charge in [0.2, 0.25) is 0 Å². The van der Waals surface area contributed by atoms with Crippen LogP contribution in [0, 0.1) is 6.92 Å². The van der Waals surface area contributed by atoms with Crippen molar-refractivity contribution in [3.8, 4) is 0 Å². The van der Waals surface area contributed by atoms with E-state index in [4.69, 9.17) is 0 Å². The number of hydrogen-bond acceptors (Lipinski definition) is 5. The molecule has 0 aliphatic rings. The number of nitrogens with one attached hydrogen (secondary N) is 2. The second kappa shape index (κ2) is 8.12. The molecular formula is C20H21N3O3S2. The Hall–Kier alpha value is -2.71. The van der Waals surface area contributed by atoms with Crippen LogP contribution in [0.5, 0.6) is 0 Å². The first kappa shape index (κ1) is 20.0. The van der Waals surface area contributed by atoms with Gasteiger partial charge in [-0.2, -0.15) is 0 Å². The summed E-state index contributed by atoms with van der Waals surface area (Å²) in [5.41, 5.74) is 2.32. The Bertz CT molecular complexity index is 1070. The smallest absolute Gasteiger partial charge is 0.267 e. The molecule has 0 radical (unpaired) electrons. The van der Waals surface area contributed by atoms with Crippen LogP contribution >= 0.6 is 11.3 Å². The maximum atomic E-state index is 12.6. The fraction of sp³-hybridized carbons (Fsp3) is 0.200. The molecule has 1 aromatic heterocycles. The van der Waals surface area contributed by atoms with E-state index in [1.54, 1.807) is 25.1 Å². The van der Waals surface area contributed by atoms with Crippen molar-refractivity contribution in [2.45, 2.75) is 31.6 Å². The van der Waals surface area contributed by atoms with E-state index in [-0.39, 0.29) is 15.9 Å². The molecule has 0 fully saturated rings. The van der Waals surface area contributed by atoms with Crippen LogP contribution in [0.2, 0.25) is 0 Å². The van der Waals surface area contributed by atoms with Gasteiger partial charge in [-0.1, -0.05) is 55.5 Å². The Balaban J connectivity index is 1.75. The second-order valence-corrected chi connectivity index (χ2v) is 9.26. The summed E-state index contributed by atoms with van der Waals surface area (Å²) in [5, 5.41) is 2.98. The number of rotatable bonds is 6. The van der Waals surface area contributed by atoms with Gasteiger partial charge >= 0.3 is 0 Å². The minimum absolute atomic E-state index is 0.138. The molecule has 0 unspecified atom stereocenters. The molecule has 2 aromatic carbocycles. The van der Waals surface area contributed by atoms with Gasteiger partial charge in [0.25, 0.3) is 15.9 Å². The molecule has 0 aliphatic heterocycles. The van der Waals surface area contributed by atoms with E-state index >= 15 is 0 Å². The maximum absolute atomic E-state index is 12.6. The van der Waals surface area contributed by atoms with E-state index in [1.807, 2.05) is 24.3 Å². The van der Waals surface area contributed by atoms with Crippen molar-refractivity contribution >= 4 is 38.1 Å². The third kappa shape index (κ3) is 4.58. The lowest BCUT2D eigenvalue weighted by molar-refractivity contribution is 0.103. The number of thiazole rings is 1. The van der Waals surface area contributed by atoms with E-state index < -0.39 is 10.0 Å². The summed E-state index contributed by atoms with van der Waals surface area (Å²) in [6.45, 7) is 5.88. The summed E-state index contributed by atoms with van der Waals surface area (Å²) in [6, 6.07) is 15.7. The highest BCUT2D eigenvalue weighted by Crippen LogP contribution is 2.26. The summed E-state index contributed by atoms with van der Waals surface area (Å²) in [4.78, 5) is 17.3. The first-order valence-corrected chi connectivity index (χ1v) is 11.0. The predicted molar refractivity (Wildman–Crippen MR) is 113 cm³/mol. The minimum atomic E-state index is -3.75. The van der Waals surface area contributed by atoms with Crippen LogP contribution in [0.15, 0.2) is 59.5 Å². The standard InChI is InChI=1S/C20H21N3O3S2/c1-13(2)15-9-11-16(12-10-15)22-19(24)18-14(3)21-20(27-18)23-28(25,26)17-7-5-4-6-8-17/h4-13H,1-3H3,(H,21,23)(H,22,24). The molecular weight excluding hydrogens is 394 g/mol. The van der Waals surface area contributed by atoms with Crippen LogP contribution < -0.4 is 10.0 Å². The quantitative estimate of drug-likeness (QED) is 0.614. The highest BCUT2D eigenvalue weighted by Gasteiger charge is 2.20. The van der Waals surface area contributed by atoms with Gasteiger partial charge in [0, 0.05) is 5.69 Å². The molecule has 6 nitrogen and oxygen atoms in total. The topological polar surface area (TPSA) is 88.2 Å². The van der Waals surface area contributed by atoms with Crippen molar-refractivity contribution in [1.29, 1.82) is 0 Å². The van der Waals surface area contributed by atoms with E-state index in [9.17, 15) is 13.2 Å². The zero-order valence-electron chi connectivity index (χ0n) is 15.8. The normalized spacial score (nSPS) is 11.4. The number of hydrogen-bond donors (Lipinski definition) is 2. The number of benzene rings is 2. The molecule has 3 rings (SSSR count). The number of anilines is 2. The van der Waals surface area contributed by atoms with Crippen LogP contribution in [-0.4, -0.2) is 19.3 Å². The fourth-order valence-electron chi connectivity index (χ4n) is 2.56. The molecule has 0 atom stereocenters. The van der Waals surface area contributed by atoms with Crippen LogP contribution in [0.1, 0.15) is 40.7 Å². The fourth-order valence-corrected chi connectivity index (χ4v) is 4.68. The first-order chi connectivity index (χ1) is 13.3. The van der Waals surface area contributed by atoms with Crippen molar-refractivity contribution < 1.29 is 13.2 Å². The third-order valence-electron chi connectivity index (χ3n) is 4.11. The second-order valence-electron chi connectivity index (χ2n) is 6.58. The van der Waals surface area contributed by atoms with Crippen LogP contribution in [-0.2, 0) is 10.0 Å². The molecule has 1 amide bonds. The lowest BCUT2D eigenvalue weighted by Gasteiger charge is -2.08. The van der Waals surface area contributed by atoms with Gasteiger partial charge < -0.3 is 5.32 Å². The van der Waals surface area contributed by atoms with Crippen LogP contribution in [0.25, 0.3) is 0 Å². The predicted octanol–water partition coefficient (Wildman–Crippen LogP) is 4.63. The summed E-state index contributed by atoms with van der Waals surface area (Å²) >= 11 is 1.00. The molecule has 8 heteroatoms. The van der Waals surface area contributed by atoms with Gasteiger partial charge in [-0.05, 0) is 42.7 Å². The zero-order valence-corrected chi connectivity index (χ0v) is 17.4. The Kier molecular flexibility index (Phi) is 5.81. The van der Waals surface area contributed by atoms with E-state index in [2.05, 4.69) is 28.9 Å². The number of carbonyl (C=O) groups excluding carboxylic acids is 1. The summed E-state index contributed by atoms with van der Waals surface area (Å²) in [5.74, 6) is 0.0890. The van der Waals surface area contributed by atoms with Crippen molar-refractivity contribution in [3.05, 3.63) is 70.7 Å². The van der Waals surface area contributed by atoms with Crippen LogP contribution in [0.3, 0.4) is 0 Å². The third-order valence-corrected chi connectivity index (χ3v) is 6.67. The number of carbonyl (C=O) groups is 1. The lowest BCUT2D eigenvalue weighted by atomic mass is 10.0. The molecule has 0 aliphatic carbocycles. The van der Waals surface area contributed by atoms with Crippen molar-refractivity contribution in [3.63, 3.8) is 0 Å². The van der Waals surface area contributed by atoms with E-state index in [0.29, 0.717) is 22.2 Å². The molecule has 0 saturated heterocycles. The number of sulfonamides is 1. The van der Waals surface area contributed by atoms with Gasteiger partial charge in [0.15, 0.2) is 5.13 Å². The highest BCUT2D eigenvalue weighted by atomic mass is 32.2. The monoisotopic (exact) mass is 415 g/mol.